The van der Waals surface area contributed by atoms with E-state index < -0.39 is 23.1 Å². The Hall–Kier alpha value is -5.64. The summed E-state index contributed by atoms with van der Waals surface area (Å²) in [5.41, 5.74) is -1.18. The molecule has 6 rings (SSSR count). The summed E-state index contributed by atoms with van der Waals surface area (Å²) >= 11 is 0. The van der Waals surface area contributed by atoms with Crippen LogP contribution in [0.2, 0.25) is 0 Å². The van der Waals surface area contributed by atoms with Crippen LogP contribution in [0.25, 0.3) is 44.2 Å². The monoisotopic (exact) mass is 505 g/mol. The summed E-state index contributed by atoms with van der Waals surface area (Å²) in [4.78, 5) is 59.6. The number of anilines is 1. The summed E-state index contributed by atoms with van der Waals surface area (Å²) in [5, 5.41) is 12.9. The van der Waals surface area contributed by atoms with Gasteiger partial charge in [0.15, 0.2) is 11.6 Å². The Kier molecular flexibility index (Phi) is 5.27. The lowest BCUT2D eigenvalue weighted by atomic mass is 10.1. The van der Waals surface area contributed by atoms with Crippen molar-refractivity contribution in [1.82, 2.24) is 9.97 Å². The maximum Gasteiger partial charge on any atom is 0.349 e. The molecule has 3 aromatic heterocycles. The van der Waals surface area contributed by atoms with Crippen LogP contribution in [0.1, 0.15) is 20.7 Å². The number of hydrogen-bond acceptors (Lipinski definition) is 8. The first-order valence-electron chi connectivity index (χ1n) is 11.3. The first kappa shape index (κ1) is 22.8. The molecule has 0 saturated heterocycles. The van der Waals surface area contributed by atoms with Crippen LogP contribution in [0.3, 0.4) is 0 Å². The van der Waals surface area contributed by atoms with Gasteiger partial charge in [-0.3, -0.25) is 4.79 Å². The molecular formula is C28H15N3O7. The third-order valence-corrected chi connectivity index (χ3v) is 5.97. The predicted octanol–water partition coefficient (Wildman–Crippen LogP) is 4.46. The summed E-state index contributed by atoms with van der Waals surface area (Å²) < 4.78 is 10.9. The Balaban J connectivity index is 1.63. The molecule has 6 aromatic rings. The number of hydrogen-bond donors (Lipinski definition) is 2. The fraction of sp³-hybridized carbons (Fsp3) is 0. The Labute approximate surface area is 211 Å². The van der Waals surface area contributed by atoms with Crippen molar-refractivity contribution in [3.63, 3.8) is 0 Å². The molecule has 0 bridgehead atoms. The van der Waals surface area contributed by atoms with E-state index in [0.29, 0.717) is 16.4 Å². The Morgan fingerprint density at radius 2 is 1.42 bits per heavy atom. The number of carbonyl (C=O) groups excluding carboxylic acids is 1. The fourth-order valence-corrected chi connectivity index (χ4v) is 4.22. The Morgan fingerprint density at radius 1 is 0.763 bits per heavy atom. The van der Waals surface area contributed by atoms with Gasteiger partial charge in [0.05, 0.1) is 16.6 Å². The van der Waals surface area contributed by atoms with Gasteiger partial charge in [-0.2, -0.15) is 0 Å². The van der Waals surface area contributed by atoms with Crippen molar-refractivity contribution < 1.29 is 23.5 Å². The molecule has 10 nitrogen and oxygen atoms in total. The van der Waals surface area contributed by atoms with E-state index in [2.05, 4.69) is 15.3 Å². The van der Waals surface area contributed by atoms with E-state index in [4.69, 9.17) is 8.83 Å². The lowest BCUT2D eigenvalue weighted by molar-refractivity contribution is 0.0692. The zero-order valence-corrected chi connectivity index (χ0v) is 19.3. The highest BCUT2D eigenvalue weighted by molar-refractivity contribution is 6.14. The minimum Gasteiger partial charge on any atom is -0.478 e. The number of carboxylic acids is 1. The molecule has 1 amide bonds. The summed E-state index contributed by atoms with van der Waals surface area (Å²) in [6, 6.07) is 20.7. The van der Waals surface area contributed by atoms with Crippen molar-refractivity contribution in [3.05, 3.63) is 111 Å². The van der Waals surface area contributed by atoms with Crippen molar-refractivity contribution in [1.29, 1.82) is 0 Å². The molecule has 0 spiro atoms. The summed E-state index contributed by atoms with van der Waals surface area (Å²) in [5.74, 6) is -2.48. The standard InChI is InChI=1S/C28H15N3O7/c32-25(15-8-2-3-9-16(15)26(33)34)31-24-21-22(17-10-4-6-12-20(17)38-28(21)36)29-23(30-24)18-13-14-7-1-5-11-19(14)37-27(18)35/h1-13H,(H,33,34)(H,29,30,31,32). The van der Waals surface area contributed by atoms with Gasteiger partial charge in [-0.15, -0.1) is 0 Å². The number of aromatic carboxylic acids is 1. The lowest BCUT2D eigenvalue weighted by Crippen LogP contribution is -2.19. The number of rotatable bonds is 4. The first-order valence-corrected chi connectivity index (χ1v) is 11.3. The number of carboxylic acid groups (broad SMARTS) is 1. The SMILES string of the molecule is O=C(O)c1ccccc1C(=O)Nc1nc(-c2cc3ccccc3oc2=O)nc2c1c(=O)oc1ccccc12. The number of amides is 1. The van der Waals surface area contributed by atoms with Gasteiger partial charge in [-0.1, -0.05) is 42.5 Å². The van der Waals surface area contributed by atoms with Crippen LogP contribution in [0.5, 0.6) is 0 Å². The second-order valence-corrected chi connectivity index (χ2v) is 8.30. The van der Waals surface area contributed by atoms with Crippen molar-refractivity contribution in [2.75, 3.05) is 5.32 Å². The van der Waals surface area contributed by atoms with E-state index in [1.165, 1.54) is 24.3 Å². The molecule has 3 aromatic carbocycles. The van der Waals surface area contributed by atoms with Gasteiger partial charge in [0.1, 0.15) is 22.1 Å². The topological polar surface area (TPSA) is 153 Å². The van der Waals surface area contributed by atoms with Gasteiger partial charge in [-0.25, -0.2) is 24.4 Å². The van der Waals surface area contributed by atoms with Crippen LogP contribution in [-0.4, -0.2) is 27.0 Å². The fourth-order valence-electron chi connectivity index (χ4n) is 4.22. The van der Waals surface area contributed by atoms with Gasteiger partial charge in [0.2, 0.25) is 0 Å². The summed E-state index contributed by atoms with van der Waals surface area (Å²) in [7, 11) is 0. The zero-order chi connectivity index (χ0) is 26.4. The number of carbonyl (C=O) groups is 2. The molecule has 3 heterocycles. The molecular weight excluding hydrogens is 490 g/mol. The average Bonchev–Trinajstić information content (AvgIpc) is 2.92. The van der Waals surface area contributed by atoms with Gasteiger partial charge in [0, 0.05) is 10.8 Å². The Bertz CT molecular complexity index is 2060. The molecule has 10 heteroatoms. The van der Waals surface area contributed by atoms with Crippen molar-refractivity contribution in [2.24, 2.45) is 0 Å². The maximum absolute atomic E-state index is 13.2. The quantitative estimate of drug-likeness (QED) is 0.261. The molecule has 0 unspecified atom stereocenters. The van der Waals surface area contributed by atoms with E-state index >= 15 is 0 Å². The van der Waals surface area contributed by atoms with Crippen molar-refractivity contribution in [3.8, 4) is 11.4 Å². The molecule has 0 atom stereocenters. The van der Waals surface area contributed by atoms with E-state index in [1.807, 2.05) is 0 Å². The highest BCUT2D eigenvalue weighted by Gasteiger charge is 2.23. The maximum atomic E-state index is 13.2. The molecule has 0 aliphatic carbocycles. The molecule has 184 valence electrons. The largest absolute Gasteiger partial charge is 0.478 e. The molecule has 2 N–H and O–H groups in total. The van der Waals surface area contributed by atoms with E-state index in [9.17, 15) is 24.3 Å². The van der Waals surface area contributed by atoms with E-state index in [1.54, 1.807) is 54.6 Å². The van der Waals surface area contributed by atoms with Gasteiger partial charge >= 0.3 is 17.2 Å². The minimum absolute atomic E-state index is 0.00403. The molecule has 0 saturated carbocycles. The number of benzene rings is 3. The van der Waals surface area contributed by atoms with Gasteiger partial charge in [0.25, 0.3) is 5.91 Å². The highest BCUT2D eigenvalue weighted by atomic mass is 16.4. The predicted molar refractivity (Wildman–Crippen MR) is 138 cm³/mol. The summed E-state index contributed by atoms with van der Waals surface area (Å²) in [6.45, 7) is 0. The number of nitrogens with one attached hydrogen (secondary N) is 1. The molecule has 38 heavy (non-hydrogen) atoms. The van der Waals surface area contributed by atoms with Crippen LogP contribution in [0.4, 0.5) is 5.82 Å². The zero-order valence-electron chi connectivity index (χ0n) is 19.3. The van der Waals surface area contributed by atoms with E-state index in [0.717, 1.165) is 0 Å². The van der Waals surface area contributed by atoms with Crippen LogP contribution in [-0.2, 0) is 0 Å². The minimum atomic E-state index is -1.30. The average molecular weight is 505 g/mol. The third-order valence-electron chi connectivity index (χ3n) is 5.97. The molecule has 0 fully saturated rings. The Morgan fingerprint density at radius 3 is 2.21 bits per heavy atom. The number of para-hydroxylation sites is 2. The summed E-state index contributed by atoms with van der Waals surface area (Å²) in [6.07, 6.45) is 0. The lowest BCUT2D eigenvalue weighted by Gasteiger charge is -2.11. The highest BCUT2D eigenvalue weighted by Crippen LogP contribution is 2.29. The number of fused-ring (bicyclic) bond motifs is 4. The number of aromatic nitrogens is 2. The second-order valence-electron chi connectivity index (χ2n) is 8.30. The molecule has 0 aliphatic rings. The third kappa shape index (κ3) is 3.77. The van der Waals surface area contributed by atoms with Crippen LogP contribution in [0.15, 0.2) is 97.3 Å². The van der Waals surface area contributed by atoms with Crippen LogP contribution >= 0.6 is 0 Å². The van der Waals surface area contributed by atoms with E-state index in [-0.39, 0.29) is 44.8 Å². The second kappa shape index (κ2) is 8.79. The van der Waals surface area contributed by atoms with Crippen LogP contribution in [0, 0.1) is 0 Å². The number of nitrogens with zero attached hydrogens (tertiary/aromatic N) is 2. The van der Waals surface area contributed by atoms with Crippen LogP contribution < -0.4 is 16.6 Å². The van der Waals surface area contributed by atoms with Gasteiger partial charge in [-0.05, 0) is 36.4 Å². The van der Waals surface area contributed by atoms with Crippen molar-refractivity contribution in [2.45, 2.75) is 0 Å². The van der Waals surface area contributed by atoms with Crippen molar-refractivity contribution >= 4 is 50.5 Å². The van der Waals surface area contributed by atoms with Gasteiger partial charge < -0.3 is 19.3 Å². The normalized spacial score (nSPS) is 11.2. The molecule has 0 radical (unpaired) electrons. The smallest absolute Gasteiger partial charge is 0.349 e. The molecule has 0 aliphatic heterocycles. The first-order chi connectivity index (χ1) is 18.4.